The van der Waals surface area contributed by atoms with Crippen LogP contribution in [0.3, 0.4) is 0 Å². The summed E-state index contributed by atoms with van der Waals surface area (Å²) >= 11 is 3.14. The molecular weight excluding hydrogens is 266 g/mol. The van der Waals surface area contributed by atoms with Gasteiger partial charge in [0.1, 0.15) is 0 Å². The monoisotopic (exact) mass is 279 g/mol. The zero-order chi connectivity index (χ0) is 13.0. The summed E-state index contributed by atoms with van der Waals surface area (Å²) in [5.41, 5.74) is 4.15. The van der Waals surface area contributed by atoms with Crippen molar-refractivity contribution < 1.29 is 4.79 Å². The van der Waals surface area contributed by atoms with E-state index in [1.54, 1.807) is 22.7 Å². The van der Waals surface area contributed by atoms with E-state index in [0.29, 0.717) is 0 Å². The number of carbonyl (C=O) groups is 1. The van der Waals surface area contributed by atoms with Crippen LogP contribution in [-0.4, -0.2) is 16.6 Å². The van der Waals surface area contributed by atoms with Gasteiger partial charge in [-0.2, -0.15) is 5.10 Å². The number of rotatable bonds is 4. The summed E-state index contributed by atoms with van der Waals surface area (Å²) in [6, 6.07) is 3.93. The van der Waals surface area contributed by atoms with Crippen molar-refractivity contribution in [3.63, 3.8) is 0 Å². The summed E-state index contributed by atoms with van der Waals surface area (Å²) in [7, 11) is 0. The highest BCUT2D eigenvalue weighted by molar-refractivity contribution is 7.12. The van der Waals surface area contributed by atoms with E-state index in [2.05, 4.69) is 15.5 Å². The van der Waals surface area contributed by atoms with Crippen LogP contribution < -0.4 is 5.43 Å². The molecule has 2 aromatic heterocycles. The van der Waals surface area contributed by atoms with Crippen LogP contribution in [0.2, 0.25) is 0 Å². The lowest BCUT2D eigenvalue weighted by molar-refractivity contribution is -0.120. The SMILES string of the molecule is CC(=NNC(=O)Cc1csc(C)n1)c1cccs1. The minimum absolute atomic E-state index is 0.142. The molecule has 1 N–H and O–H groups in total. The molecule has 2 heterocycles. The Morgan fingerprint density at radius 1 is 1.50 bits per heavy atom. The molecule has 2 rings (SSSR count). The minimum Gasteiger partial charge on any atom is -0.273 e. The van der Waals surface area contributed by atoms with E-state index in [-0.39, 0.29) is 12.3 Å². The second-order valence-corrected chi connectivity index (χ2v) is 5.75. The summed E-state index contributed by atoms with van der Waals surface area (Å²) < 4.78 is 0. The van der Waals surface area contributed by atoms with Crippen molar-refractivity contribution >= 4 is 34.3 Å². The maximum absolute atomic E-state index is 11.6. The predicted molar refractivity (Wildman–Crippen MR) is 75.2 cm³/mol. The van der Waals surface area contributed by atoms with Crippen molar-refractivity contribution in [3.8, 4) is 0 Å². The van der Waals surface area contributed by atoms with Crippen molar-refractivity contribution in [3.05, 3.63) is 38.5 Å². The molecule has 94 valence electrons. The average Bonchev–Trinajstić information content (AvgIpc) is 2.97. The lowest BCUT2D eigenvalue weighted by Gasteiger charge is -1.99. The Bertz CT molecular complexity index is 558. The number of hydrogen-bond donors (Lipinski definition) is 1. The fourth-order valence-corrected chi connectivity index (χ4v) is 2.67. The number of nitrogens with one attached hydrogen (secondary N) is 1. The molecule has 0 saturated carbocycles. The largest absolute Gasteiger partial charge is 0.273 e. The lowest BCUT2D eigenvalue weighted by atomic mass is 10.3. The van der Waals surface area contributed by atoms with E-state index in [9.17, 15) is 4.79 Å². The Labute approximate surface area is 113 Å². The molecule has 0 aliphatic heterocycles. The minimum atomic E-state index is -0.142. The van der Waals surface area contributed by atoms with Crippen molar-refractivity contribution in [2.24, 2.45) is 5.10 Å². The van der Waals surface area contributed by atoms with E-state index >= 15 is 0 Å². The first-order chi connectivity index (χ1) is 8.65. The summed E-state index contributed by atoms with van der Waals surface area (Å²) in [6.07, 6.45) is 0.269. The van der Waals surface area contributed by atoms with E-state index in [1.165, 1.54) is 0 Å². The molecule has 6 heteroatoms. The van der Waals surface area contributed by atoms with Crippen molar-refractivity contribution in [1.82, 2.24) is 10.4 Å². The zero-order valence-electron chi connectivity index (χ0n) is 10.1. The number of carbonyl (C=O) groups excluding carboxylic acids is 1. The normalized spacial score (nSPS) is 11.6. The molecule has 0 fully saturated rings. The van der Waals surface area contributed by atoms with Crippen molar-refractivity contribution in [2.75, 3.05) is 0 Å². The first-order valence-corrected chi connectivity index (χ1v) is 7.19. The number of hydrogen-bond acceptors (Lipinski definition) is 5. The van der Waals surface area contributed by atoms with E-state index in [1.807, 2.05) is 36.7 Å². The van der Waals surface area contributed by atoms with Crippen LogP contribution in [-0.2, 0) is 11.2 Å². The molecule has 4 nitrogen and oxygen atoms in total. The van der Waals surface area contributed by atoms with Gasteiger partial charge in [0.05, 0.1) is 22.8 Å². The summed E-state index contributed by atoms with van der Waals surface area (Å²) in [5, 5.41) is 8.92. The topological polar surface area (TPSA) is 54.4 Å². The molecule has 1 amide bonds. The van der Waals surface area contributed by atoms with Crippen LogP contribution in [0, 0.1) is 6.92 Å². The maximum atomic E-state index is 11.6. The summed E-state index contributed by atoms with van der Waals surface area (Å²) in [5.74, 6) is -0.142. The van der Waals surface area contributed by atoms with E-state index in [4.69, 9.17) is 0 Å². The fourth-order valence-electron chi connectivity index (χ4n) is 1.38. The third kappa shape index (κ3) is 3.48. The Kier molecular flexibility index (Phi) is 4.22. The first kappa shape index (κ1) is 12.9. The third-order valence-corrected chi connectivity index (χ3v) is 4.04. The molecule has 0 aliphatic carbocycles. The Morgan fingerprint density at radius 2 is 2.33 bits per heavy atom. The van der Waals surface area contributed by atoms with Gasteiger partial charge in [0.25, 0.3) is 0 Å². The quantitative estimate of drug-likeness (QED) is 0.691. The molecule has 0 aliphatic rings. The first-order valence-electron chi connectivity index (χ1n) is 5.43. The highest BCUT2D eigenvalue weighted by Crippen LogP contribution is 2.10. The third-order valence-electron chi connectivity index (χ3n) is 2.23. The van der Waals surface area contributed by atoms with Gasteiger partial charge in [-0.05, 0) is 25.3 Å². The predicted octanol–water partition coefficient (Wildman–Crippen LogP) is 2.60. The number of aromatic nitrogens is 1. The molecule has 18 heavy (non-hydrogen) atoms. The molecule has 0 radical (unpaired) electrons. The number of thiazole rings is 1. The molecule has 0 unspecified atom stereocenters. The second-order valence-electron chi connectivity index (χ2n) is 3.74. The van der Waals surface area contributed by atoms with Crippen LogP contribution >= 0.6 is 22.7 Å². The van der Waals surface area contributed by atoms with Gasteiger partial charge in [0.15, 0.2) is 0 Å². The molecular formula is C12H13N3OS2. The standard InChI is InChI=1S/C12H13N3OS2/c1-8(11-4-3-5-17-11)14-15-12(16)6-10-7-18-9(2)13-10/h3-5,7H,6H2,1-2H3,(H,15,16). The Hall–Kier alpha value is -1.53. The van der Waals surface area contributed by atoms with Gasteiger partial charge in [-0.1, -0.05) is 6.07 Å². The summed E-state index contributed by atoms with van der Waals surface area (Å²) in [4.78, 5) is 16.9. The van der Waals surface area contributed by atoms with E-state index < -0.39 is 0 Å². The fraction of sp³-hybridized carbons (Fsp3) is 0.250. The van der Waals surface area contributed by atoms with Gasteiger partial charge in [-0.15, -0.1) is 22.7 Å². The number of nitrogens with zero attached hydrogens (tertiary/aromatic N) is 2. The number of thiophene rings is 1. The van der Waals surface area contributed by atoms with Crippen molar-refractivity contribution in [1.29, 1.82) is 0 Å². The highest BCUT2D eigenvalue weighted by atomic mass is 32.1. The van der Waals surface area contributed by atoms with Gasteiger partial charge in [0.2, 0.25) is 5.91 Å². The molecule has 0 atom stereocenters. The highest BCUT2D eigenvalue weighted by Gasteiger charge is 2.06. The van der Waals surface area contributed by atoms with Crippen LogP contribution in [0.25, 0.3) is 0 Å². The number of hydrazone groups is 1. The molecule has 0 spiro atoms. The van der Waals surface area contributed by atoms with Crippen molar-refractivity contribution in [2.45, 2.75) is 20.3 Å². The van der Waals surface area contributed by atoms with Gasteiger partial charge in [0, 0.05) is 10.3 Å². The van der Waals surface area contributed by atoms with E-state index in [0.717, 1.165) is 21.3 Å². The van der Waals surface area contributed by atoms with Crippen LogP contribution in [0.1, 0.15) is 22.5 Å². The van der Waals surface area contributed by atoms with Gasteiger partial charge < -0.3 is 0 Å². The second kappa shape index (κ2) is 5.88. The van der Waals surface area contributed by atoms with Gasteiger partial charge in [-0.25, -0.2) is 10.4 Å². The molecule has 0 bridgehead atoms. The lowest BCUT2D eigenvalue weighted by Crippen LogP contribution is -2.21. The smallest absolute Gasteiger partial charge is 0.246 e. The van der Waals surface area contributed by atoms with Crippen LogP contribution in [0.15, 0.2) is 28.0 Å². The van der Waals surface area contributed by atoms with Crippen LogP contribution in [0.5, 0.6) is 0 Å². The van der Waals surface area contributed by atoms with Crippen LogP contribution in [0.4, 0.5) is 0 Å². The molecule has 0 saturated heterocycles. The number of amides is 1. The van der Waals surface area contributed by atoms with Gasteiger partial charge in [-0.3, -0.25) is 4.79 Å². The Morgan fingerprint density at radius 3 is 2.94 bits per heavy atom. The Balaban J connectivity index is 1.90. The average molecular weight is 279 g/mol. The molecule has 2 aromatic rings. The summed E-state index contributed by atoms with van der Waals surface area (Å²) in [6.45, 7) is 3.80. The maximum Gasteiger partial charge on any atom is 0.246 e. The number of aryl methyl sites for hydroxylation is 1. The zero-order valence-corrected chi connectivity index (χ0v) is 11.8. The molecule has 0 aromatic carbocycles. The van der Waals surface area contributed by atoms with Gasteiger partial charge >= 0.3 is 0 Å².